The molecule has 0 saturated heterocycles. The normalized spacial score (nSPS) is 12.1. The number of H-pyrrole nitrogens is 1. The third-order valence-electron chi connectivity index (χ3n) is 2.65. The van der Waals surface area contributed by atoms with Crippen molar-refractivity contribution in [3.63, 3.8) is 0 Å². The Hall–Kier alpha value is -2.11. The molecular formula is C14H20N2O4. The Labute approximate surface area is 117 Å². The number of Topliss-reactive ketones (excluding diaryl/α,β-unsaturated/α-hetero) is 1. The Morgan fingerprint density at radius 2 is 1.95 bits per heavy atom. The number of aromatic nitrogens is 1. The SMILES string of the molecule is CC(=O)c1c[nH]c(C(=O)O[C@H](C)C(=O)NCC(C)C)c1. The van der Waals surface area contributed by atoms with Crippen LogP contribution in [0.25, 0.3) is 0 Å². The first-order chi connectivity index (χ1) is 9.31. The Morgan fingerprint density at radius 1 is 1.30 bits per heavy atom. The second-order valence-electron chi connectivity index (χ2n) is 5.04. The van der Waals surface area contributed by atoms with Gasteiger partial charge in [0.25, 0.3) is 5.91 Å². The third-order valence-corrected chi connectivity index (χ3v) is 2.65. The maximum atomic E-state index is 11.8. The lowest BCUT2D eigenvalue weighted by atomic mass is 10.2. The molecule has 1 heterocycles. The fourth-order valence-electron chi connectivity index (χ4n) is 1.44. The van der Waals surface area contributed by atoms with Crippen molar-refractivity contribution in [2.24, 2.45) is 5.92 Å². The predicted octanol–water partition coefficient (Wildman–Crippen LogP) is 1.53. The van der Waals surface area contributed by atoms with Crippen LogP contribution < -0.4 is 5.32 Å². The zero-order chi connectivity index (χ0) is 15.3. The van der Waals surface area contributed by atoms with Crippen LogP contribution in [0.1, 0.15) is 48.5 Å². The summed E-state index contributed by atoms with van der Waals surface area (Å²) in [5, 5.41) is 2.68. The number of carbonyl (C=O) groups excluding carboxylic acids is 3. The molecule has 1 rings (SSSR count). The van der Waals surface area contributed by atoms with Gasteiger partial charge in [0, 0.05) is 18.3 Å². The van der Waals surface area contributed by atoms with Crippen LogP contribution in [0.2, 0.25) is 0 Å². The van der Waals surface area contributed by atoms with Crippen LogP contribution in [-0.4, -0.2) is 35.3 Å². The van der Waals surface area contributed by atoms with Crippen LogP contribution >= 0.6 is 0 Å². The minimum absolute atomic E-state index is 0.150. The second kappa shape index (κ2) is 6.88. The van der Waals surface area contributed by atoms with E-state index < -0.39 is 12.1 Å². The summed E-state index contributed by atoms with van der Waals surface area (Å²) in [5.74, 6) is -0.832. The van der Waals surface area contributed by atoms with E-state index in [1.54, 1.807) is 0 Å². The number of hydrogen-bond donors (Lipinski definition) is 2. The molecule has 2 N–H and O–H groups in total. The molecule has 0 radical (unpaired) electrons. The van der Waals surface area contributed by atoms with E-state index in [2.05, 4.69) is 10.3 Å². The van der Waals surface area contributed by atoms with Gasteiger partial charge in [0.1, 0.15) is 5.69 Å². The van der Waals surface area contributed by atoms with Gasteiger partial charge in [-0.15, -0.1) is 0 Å². The summed E-state index contributed by atoms with van der Waals surface area (Å²) in [6, 6.07) is 1.41. The van der Waals surface area contributed by atoms with Gasteiger partial charge in [0.05, 0.1) is 0 Å². The number of carbonyl (C=O) groups is 3. The van der Waals surface area contributed by atoms with Crippen molar-refractivity contribution in [1.82, 2.24) is 10.3 Å². The number of hydrogen-bond acceptors (Lipinski definition) is 4. The van der Waals surface area contributed by atoms with E-state index in [0.29, 0.717) is 18.0 Å². The molecule has 1 aromatic heterocycles. The highest BCUT2D eigenvalue weighted by Crippen LogP contribution is 2.07. The molecule has 0 spiro atoms. The highest BCUT2D eigenvalue weighted by Gasteiger charge is 2.20. The number of esters is 1. The fraction of sp³-hybridized carbons (Fsp3) is 0.500. The first-order valence-electron chi connectivity index (χ1n) is 6.49. The standard InChI is InChI=1S/C14H20N2O4/c1-8(2)6-16-13(18)10(4)20-14(19)12-5-11(7-15-12)9(3)17/h5,7-8,10,15H,6H2,1-4H3,(H,16,18)/t10-/m1/s1. The minimum Gasteiger partial charge on any atom is -0.448 e. The lowest BCUT2D eigenvalue weighted by Gasteiger charge is -2.14. The first kappa shape index (κ1) is 15.9. The Morgan fingerprint density at radius 3 is 2.45 bits per heavy atom. The van der Waals surface area contributed by atoms with Gasteiger partial charge in [-0.25, -0.2) is 4.79 Å². The highest BCUT2D eigenvalue weighted by molar-refractivity contribution is 5.98. The molecule has 6 heteroatoms. The Balaban J connectivity index is 2.56. The molecule has 0 aliphatic carbocycles. The van der Waals surface area contributed by atoms with Crippen molar-refractivity contribution < 1.29 is 19.1 Å². The van der Waals surface area contributed by atoms with Crippen molar-refractivity contribution >= 4 is 17.7 Å². The molecule has 6 nitrogen and oxygen atoms in total. The smallest absolute Gasteiger partial charge is 0.355 e. The van der Waals surface area contributed by atoms with Crippen molar-refractivity contribution in [3.8, 4) is 0 Å². The third kappa shape index (κ3) is 4.53. The Kier molecular flexibility index (Phi) is 5.49. The summed E-state index contributed by atoms with van der Waals surface area (Å²) in [6.45, 7) is 7.37. The van der Waals surface area contributed by atoms with Crippen molar-refractivity contribution in [3.05, 3.63) is 23.5 Å². The van der Waals surface area contributed by atoms with Gasteiger partial charge in [-0.2, -0.15) is 0 Å². The van der Waals surface area contributed by atoms with E-state index in [4.69, 9.17) is 4.74 Å². The van der Waals surface area contributed by atoms with Crippen molar-refractivity contribution in [2.75, 3.05) is 6.54 Å². The number of ketones is 1. The summed E-state index contributed by atoms with van der Waals surface area (Å²) in [7, 11) is 0. The van der Waals surface area contributed by atoms with E-state index in [-0.39, 0.29) is 17.4 Å². The van der Waals surface area contributed by atoms with Crippen LogP contribution in [0.5, 0.6) is 0 Å². The topological polar surface area (TPSA) is 88.3 Å². The van der Waals surface area contributed by atoms with E-state index in [1.807, 2.05) is 13.8 Å². The van der Waals surface area contributed by atoms with E-state index in [9.17, 15) is 14.4 Å². The number of nitrogens with one attached hydrogen (secondary N) is 2. The van der Waals surface area contributed by atoms with Crippen molar-refractivity contribution in [2.45, 2.75) is 33.8 Å². The van der Waals surface area contributed by atoms with Gasteiger partial charge in [-0.05, 0) is 25.8 Å². The van der Waals surface area contributed by atoms with Crippen LogP contribution in [0.15, 0.2) is 12.3 Å². The summed E-state index contributed by atoms with van der Waals surface area (Å²) in [6.07, 6.45) is 0.549. The predicted molar refractivity (Wildman–Crippen MR) is 73.5 cm³/mol. The Bertz CT molecular complexity index is 505. The minimum atomic E-state index is -0.884. The first-order valence-corrected chi connectivity index (χ1v) is 6.49. The van der Waals surface area contributed by atoms with Crippen molar-refractivity contribution in [1.29, 1.82) is 0 Å². The van der Waals surface area contributed by atoms with E-state index >= 15 is 0 Å². The van der Waals surface area contributed by atoms with Gasteiger partial charge in [-0.3, -0.25) is 9.59 Å². The van der Waals surface area contributed by atoms with Gasteiger partial charge in [-0.1, -0.05) is 13.8 Å². The summed E-state index contributed by atoms with van der Waals surface area (Å²) >= 11 is 0. The van der Waals surface area contributed by atoms with Crippen LogP contribution in [0.3, 0.4) is 0 Å². The van der Waals surface area contributed by atoms with Gasteiger partial charge in [0.2, 0.25) is 0 Å². The molecule has 0 bridgehead atoms. The molecule has 0 fully saturated rings. The fourth-order valence-corrected chi connectivity index (χ4v) is 1.44. The molecule has 0 unspecified atom stereocenters. The maximum absolute atomic E-state index is 11.8. The van der Waals surface area contributed by atoms with E-state index in [1.165, 1.54) is 26.1 Å². The lowest BCUT2D eigenvalue weighted by Crippen LogP contribution is -2.37. The number of rotatable bonds is 6. The van der Waals surface area contributed by atoms with Crippen LogP contribution in [0.4, 0.5) is 0 Å². The number of amides is 1. The molecule has 1 atom stereocenters. The maximum Gasteiger partial charge on any atom is 0.355 e. The summed E-state index contributed by atoms with van der Waals surface area (Å²) < 4.78 is 5.03. The summed E-state index contributed by atoms with van der Waals surface area (Å²) in [4.78, 5) is 37.2. The average molecular weight is 280 g/mol. The molecule has 1 amide bonds. The molecule has 20 heavy (non-hydrogen) atoms. The monoisotopic (exact) mass is 280 g/mol. The highest BCUT2D eigenvalue weighted by atomic mass is 16.5. The zero-order valence-corrected chi connectivity index (χ0v) is 12.1. The van der Waals surface area contributed by atoms with Gasteiger partial charge in [0.15, 0.2) is 11.9 Å². The molecule has 1 aromatic rings. The molecule has 110 valence electrons. The second-order valence-corrected chi connectivity index (χ2v) is 5.04. The molecule has 0 aliphatic rings. The van der Waals surface area contributed by atoms with Gasteiger partial charge < -0.3 is 15.0 Å². The molecule has 0 saturated carbocycles. The number of aromatic amines is 1. The van der Waals surface area contributed by atoms with E-state index in [0.717, 1.165) is 0 Å². The quantitative estimate of drug-likeness (QED) is 0.611. The van der Waals surface area contributed by atoms with Crippen LogP contribution in [-0.2, 0) is 9.53 Å². The largest absolute Gasteiger partial charge is 0.448 e. The molecule has 0 aliphatic heterocycles. The molecule has 0 aromatic carbocycles. The number of ether oxygens (including phenoxy) is 1. The summed E-state index contributed by atoms with van der Waals surface area (Å²) in [5.41, 5.74) is 0.549. The molecular weight excluding hydrogens is 260 g/mol. The lowest BCUT2D eigenvalue weighted by molar-refractivity contribution is -0.129. The van der Waals surface area contributed by atoms with Crippen LogP contribution in [0, 0.1) is 5.92 Å². The average Bonchev–Trinajstić information content (AvgIpc) is 2.85. The van der Waals surface area contributed by atoms with Gasteiger partial charge >= 0.3 is 5.97 Å². The zero-order valence-electron chi connectivity index (χ0n) is 12.1.